The smallest absolute Gasteiger partial charge is 0.307 e. The van der Waals surface area contributed by atoms with E-state index < -0.39 is 25.3 Å². The Balaban J connectivity index is 2.72. The van der Waals surface area contributed by atoms with Crippen LogP contribution in [0.3, 0.4) is 0 Å². The van der Waals surface area contributed by atoms with Gasteiger partial charge in [0.25, 0.3) is 5.91 Å². The van der Waals surface area contributed by atoms with Crippen LogP contribution in [0.15, 0.2) is 34.9 Å². The summed E-state index contributed by atoms with van der Waals surface area (Å²) in [5, 5.41) is 0. The number of nitrogens with zero attached hydrogens (tertiary/aromatic N) is 2. The highest BCUT2D eigenvalue weighted by Crippen LogP contribution is 2.56. The number of allylic oxidation sites excluding steroid dienone is 5. The molecule has 0 aromatic rings. The Morgan fingerprint density at radius 2 is 1.45 bits per heavy atom. The SMILES string of the molecule is CCOP(=O)(OCC)C1C(=O)N(C/C=C(\C)CC/C=C(\C)CCC=C(C)C)C(=O)N1C. The van der Waals surface area contributed by atoms with Crippen molar-refractivity contribution < 1.29 is 23.2 Å². The highest BCUT2D eigenvalue weighted by molar-refractivity contribution is 7.55. The van der Waals surface area contributed by atoms with Gasteiger partial charge in [0.05, 0.1) is 13.2 Å². The minimum absolute atomic E-state index is 0.128. The Morgan fingerprint density at radius 3 is 1.97 bits per heavy atom. The van der Waals surface area contributed by atoms with Gasteiger partial charge in [0.1, 0.15) is 0 Å². The van der Waals surface area contributed by atoms with Crippen molar-refractivity contribution in [2.24, 2.45) is 0 Å². The largest absolute Gasteiger partial charge is 0.362 e. The van der Waals surface area contributed by atoms with Crippen molar-refractivity contribution in [2.45, 2.75) is 73.0 Å². The molecule has 0 N–H and O–H groups in total. The molecule has 0 aromatic heterocycles. The number of hydrogen-bond acceptors (Lipinski definition) is 5. The lowest BCUT2D eigenvalue weighted by atomic mass is 10.1. The molecular weight excluding hydrogens is 415 g/mol. The molecule has 176 valence electrons. The first-order valence-electron chi connectivity index (χ1n) is 11.0. The minimum atomic E-state index is -3.76. The zero-order chi connectivity index (χ0) is 23.6. The van der Waals surface area contributed by atoms with E-state index in [9.17, 15) is 14.2 Å². The Labute approximate surface area is 187 Å². The summed E-state index contributed by atoms with van der Waals surface area (Å²) < 4.78 is 23.7. The fourth-order valence-electron chi connectivity index (χ4n) is 3.33. The van der Waals surface area contributed by atoms with E-state index >= 15 is 0 Å². The summed E-state index contributed by atoms with van der Waals surface area (Å²) in [7, 11) is -2.31. The minimum Gasteiger partial charge on any atom is -0.307 e. The van der Waals surface area contributed by atoms with Crippen molar-refractivity contribution in [3.05, 3.63) is 34.9 Å². The average molecular weight is 455 g/mol. The van der Waals surface area contributed by atoms with Crippen LogP contribution in [0.4, 0.5) is 4.79 Å². The number of carbonyl (C=O) groups excluding carboxylic acids is 2. The maximum Gasteiger partial charge on any atom is 0.362 e. The normalized spacial score (nSPS) is 18.2. The van der Waals surface area contributed by atoms with Crippen LogP contribution >= 0.6 is 7.60 Å². The number of likely N-dealkylation sites (N-methyl/N-ethyl adjacent to an activating group) is 1. The zero-order valence-corrected chi connectivity index (χ0v) is 21.0. The molecule has 3 amide bonds. The Morgan fingerprint density at radius 1 is 0.935 bits per heavy atom. The molecule has 1 unspecified atom stereocenters. The molecule has 1 saturated heterocycles. The van der Waals surface area contributed by atoms with Gasteiger partial charge in [0, 0.05) is 13.6 Å². The fraction of sp³-hybridized carbons (Fsp3) is 0.652. The molecule has 0 radical (unpaired) electrons. The van der Waals surface area contributed by atoms with Crippen LogP contribution < -0.4 is 0 Å². The lowest BCUT2D eigenvalue weighted by Gasteiger charge is -2.25. The molecule has 1 heterocycles. The van der Waals surface area contributed by atoms with E-state index in [0.717, 1.165) is 41.1 Å². The number of amides is 3. The second-order valence-corrected chi connectivity index (χ2v) is 10.1. The maximum absolute atomic E-state index is 13.1. The quantitative estimate of drug-likeness (QED) is 0.197. The molecular formula is C23H39N2O5P. The van der Waals surface area contributed by atoms with Crippen LogP contribution in [0.5, 0.6) is 0 Å². The van der Waals surface area contributed by atoms with E-state index in [2.05, 4.69) is 32.9 Å². The van der Waals surface area contributed by atoms with Crippen LogP contribution in [-0.2, 0) is 18.4 Å². The third-order valence-electron chi connectivity index (χ3n) is 5.05. The van der Waals surface area contributed by atoms with Gasteiger partial charge in [-0.1, -0.05) is 34.9 Å². The Kier molecular flexibility index (Phi) is 11.5. The summed E-state index contributed by atoms with van der Waals surface area (Å²) in [6.45, 7) is 12.1. The molecule has 1 aliphatic rings. The van der Waals surface area contributed by atoms with Crippen LogP contribution in [-0.4, -0.2) is 54.3 Å². The topological polar surface area (TPSA) is 76.1 Å². The molecule has 1 aliphatic heterocycles. The van der Waals surface area contributed by atoms with Crippen LogP contribution in [0.2, 0.25) is 0 Å². The van der Waals surface area contributed by atoms with Gasteiger partial charge >= 0.3 is 13.6 Å². The number of imide groups is 1. The Bertz CT molecular complexity index is 758. The van der Waals surface area contributed by atoms with Gasteiger partial charge < -0.3 is 13.9 Å². The number of carbonyl (C=O) groups is 2. The van der Waals surface area contributed by atoms with Gasteiger partial charge in [-0.2, -0.15) is 0 Å². The summed E-state index contributed by atoms with van der Waals surface area (Å²) in [4.78, 5) is 27.7. The first-order valence-corrected chi connectivity index (χ1v) is 12.6. The van der Waals surface area contributed by atoms with E-state index in [0.29, 0.717) is 0 Å². The molecule has 7 nitrogen and oxygen atoms in total. The second kappa shape index (κ2) is 13.0. The molecule has 1 rings (SSSR count). The highest BCUT2D eigenvalue weighted by atomic mass is 31.2. The van der Waals surface area contributed by atoms with Gasteiger partial charge in [-0.05, 0) is 67.2 Å². The van der Waals surface area contributed by atoms with Crippen molar-refractivity contribution in [1.82, 2.24) is 9.80 Å². The molecule has 0 aromatic carbocycles. The number of urea groups is 1. The molecule has 0 bridgehead atoms. The first-order chi connectivity index (χ1) is 14.6. The van der Waals surface area contributed by atoms with Gasteiger partial charge in [-0.15, -0.1) is 0 Å². The molecule has 0 saturated carbocycles. The summed E-state index contributed by atoms with van der Waals surface area (Å²) >= 11 is 0. The van der Waals surface area contributed by atoms with E-state index in [1.807, 2.05) is 13.0 Å². The zero-order valence-electron chi connectivity index (χ0n) is 20.1. The van der Waals surface area contributed by atoms with E-state index in [4.69, 9.17) is 9.05 Å². The summed E-state index contributed by atoms with van der Waals surface area (Å²) in [6.07, 6.45) is 10.2. The van der Waals surface area contributed by atoms with E-state index in [1.54, 1.807) is 13.8 Å². The standard InChI is InChI=1S/C23H39N2O5P/c1-8-29-31(28,30-9-2)22-21(26)25(23(27)24(22)7)17-16-20(6)15-11-14-19(5)13-10-12-18(3)4/h12,14,16,22H,8-11,13,15,17H2,1-7H3/b19-14+,20-16+. The molecule has 8 heteroatoms. The lowest BCUT2D eigenvalue weighted by Crippen LogP contribution is -2.33. The molecule has 1 atom stereocenters. The number of hydrogen-bond donors (Lipinski definition) is 0. The summed E-state index contributed by atoms with van der Waals surface area (Å²) in [6, 6.07) is -0.492. The summed E-state index contributed by atoms with van der Waals surface area (Å²) in [5.41, 5.74) is 3.80. The third kappa shape index (κ3) is 8.06. The third-order valence-corrected chi connectivity index (χ3v) is 7.45. The second-order valence-electron chi connectivity index (χ2n) is 8.05. The number of rotatable bonds is 13. The van der Waals surface area contributed by atoms with Crippen LogP contribution in [0.1, 0.15) is 67.2 Å². The predicted molar refractivity (Wildman–Crippen MR) is 125 cm³/mol. The van der Waals surface area contributed by atoms with Crippen molar-refractivity contribution in [1.29, 1.82) is 0 Å². The van der Waals surface area contributed by atoms with Gasteiger partial charge in [-0.3, -0.25) is 14.3 Å². The van der Waals surface area contributed by atoms with Crippen molar-refractivity contribution in [3.8, 4) is 0 Å². The predicted octanol–water partition coefficient (Wildman–Crippen LogP) is 5.89. The van der Waals surface area contributed by atoms with Gasteiger partial charge in [-0.25, -0.2) is 4.79 Å². The van der Waals surface area contributed by atoms with Crippen molar-refractivity contribution in [3.63, 3.8) is 0 Å². The molecule has 31 heavy (non-hydrogen) atoms. The monoisotopic (exact) mass is 454 g/mol. The van der Waals surface area contributed by atoms with Crippen LogP contribution in [0, 0.1) is 0 Å². The summed E-state index contributed by atoms with van der Waals surface area (Å²) in [5.74, 6) is -1.78. The molecule has 0 spiro atoms. The van der Waals surface area contributed by atoms with E-state index in [1.165, 1.54) is 18.2 Å². The highest BCUT2D eigenvalue weighted by Gasteiger charge is 2.54. The fourth-order valence-corrected chi connectivity index (χ4v) is 5.34. The lowest BCUT2D eigenvalue weighted by molar-refractivity contribution is -0.126. The van der Waals surface area contributed by atoms with E-state index in [-0.39, 0.29) is 19.8 Å². The Hall–Kier alpha value is -1.69. The van der Waals surface area contributed by atoms with Crippen molar-refractivity contribution >= 4 is 19.5 Å². The van der Waals surface area contributed by atoms with Crippen molar-refractivity contribution in [2.75, 3.05) is 26.8 Å². The van der Waals surface area contributed by atoms with Gasteiger partial charge in [0.2, 0.25) is 5.78 Å². The molecule has 1 fully saturated rings. The maximum atomic E-state index is 13.1. The average Bonchev–Trinajstić information content (AvgIpc) is 2.89. The van der Waals surface area contributed by atoms with Gasteiger partial charge in [0.15, 0.2) is 0 Å². The van der Waals surface area contributed by atoms with Crippen LogP contribution in [0.25, 0.3) is 0 Å². The molecule has 0 aliphatic carbocycles. The first kappa shape index (κ1) is 27.3.